The van der Waals surface area contributed by atoms with Gasteiger partial charge in [0, 0.05) is 17.5 Å². The zero-order valence-corrected chi connectivity index (χ0v) is 13.9. The van der Waals surface area contributed by atoms with E-state index in [1.807, 2.05) is 24.3 Å². The Kier molecular flexibility index (Phi) is 6.27. The van der Waals surface area contributed by atoms with E-state index in [1.165, 1.54) is 0 Å². The fourth-order valence-corrected chi connectivity index (χ4v) is 2.30. The molecule has 24 heavy (non-hydrogen) atoms. The Morgan fingerprint density at radius 3 is 2.33 bits per heavy atom. The van der Waals surface area contributed by atoms with Gasteiger partial charge < -0.3 is 9.84 Å². The number of hydrogen-bond donors (Lipinski definition) is 1. The van der Waals surface area contributed by atoms with Crippen molar-refractivity contribution in [2.75, 3.05) is 6.61 Å². The summed E-state index contributed by atoms with van der Waals surface area (Å²) in [6.07, 6.45) is -0.0923. The highest BCUT2D eigenvalue weighted by atomic mass is 16.5. The van der Waals surface area contributed by atoms with Gasteiger partial charge in [0.15, 0.2) is 5.78 Å². The fourth-order valence-electron chi connectivity index (χ4n) is 2.30. The standard InChI is InChI=1S/C20H22O4/c1-14(21)11-12-24-20(23)15(2)17-9-6-10-18(13-17)19(22)16-7-4-3-5-8-16/h3-10,13-15,21H,11-12H2,1-2H3. The van der Waals surface area contributed by atoms with Crippen molar-refractivity contribution in [3.63, 3.8) is 0 Å². The fraction of sp³-hybridized carbons (Fsp3) is 0.300. The van der Waals surface area contributed by atoms with Crippen LogP contribution >= 0.6 is 0 Å². The smallest absolute Gasteiger partial charge is 0.313 e. The normalized spacial score (nSPS) is 13.1. The number of rotatable bonds is 7. The summed E-state index contributed by atoms with van der Waals surface area (Å²) in [5, 5.41) is 9.20. The van der Waals surface area contributed by atoms with E-state index in [2.05, 4.69) is 0 Å². The van der Waals surface area contributed by atoms with Crippen molar-refractivity contribution in [1.29, 1.82) is 0 Å². The van der Waals surface area contributed by atoms with Crippen LogP contribution in [0.25, 0.3) is 0 Å². The van der Waals surface area contributed by atoms with E-state index in [-0.39, 0.29) is 18.4 Å². The topological polar surface area (TPSA) is 63.6 Å². The second-order valence-corrected chi connectivity index (χ2v) is 5.85. The van der Waals surface area contributed by atoms with Crippen molar-refractivity contribution in [3.8, 4) is 0 Å². The van der Waals surface area contributed by atoms with E-state index >= 15 is 0 Å². The lowest BCUT2D eigenvalue weighted by Gasteiger charge is -2.13. The van der Waals surface area contributed by atoms with E-state index in [9.17, 15) is 14.7 Å². The number of benzene rings is 2. The van der Waals surface area contributed by atoms with Gasteiger partial charge >= 0.3 is 5.97 Å². The van der Waals surface area contributed by atoms with Crippen LogP contribution in [0.3, 0.4) is 0 Å². The Morgan fingerprint density at radius 1 is 1.00 bits per heavy atom. The first-order valence-electron chi connectivity index (χ1n) is 8.03. The molecule has 0 aliphatic rings. The summed E-state index contributed by atoms with van der Waals surface area (Å²) in [6.45, 7) is 3.58. The molecule has 0 aromatic heterocycles. The number of aliphatic hydroxyl groups excluding tert-OH is 1. The maximum atomic E-state index is 12.5. The van der Waals surface area contributed by atoms with Crippen LogP contribution in [0.15, 0.2) is 54.6 Å². The highest BCUT2D eigenvalue weighted by Crippen LogP contribution is 2.20. The monoisotopic (exact) mass is 326 g/mol. The third-order valence-corrected chi connectivity index (χ3v) is 3.82. The van der Waals surface area contributed by atoms with Crippen molar-refractivity contribution >= 4 is 11.8 Å². The summed E-state index contributed by atoms with van der Waals surface area (Å²) in [7, 11) is 0. The van der Waals surface area contributed by atoms with Gasteiger partial charge in [-0.1, -0.05) is 48.5 Å². The van der Waals surface area contributed by atoms with Crippen LogP contribution in [-0.2, 0) is 9.53 Å². The molecule has 0 saturated heterocycles. The Bertz CT molecular complexity index is 692. The van der Waals surface area contributed by atoms with Crippen LogP contribution in [0.5, 0.6) is 0 Å². The Labute approximate surface area is 142 Å². The molecule has 2 unspecified atom stereocenters. The Balaban J connectivity index is 2.09. The van der Waals surface area contributed by atoms with Crippen molar-refractivity contribution in [2.45, 2.75) is 32.3 Å². The van der Waals surface area contributed by atoms with Gasteiger partial charge in [0.1, 0.15) is 0 Å². The summed E-state index contributed by atoms with van der Waals surface area (Å²) in [4.78, 5) is 24.6. The van der Waals surface area contributed by atoms with E-state index in [1.54, 1.807) is 44.2 Å². The van der Waals surface area contributed by atoms with Gasteiger partial charge in [0.2, 0.25) is 0 Å². The molecule has 0 amide bonds. The lowest BCUT2D eigenvalue weighted by molar-refractivity contribution is -0.145. The summed E-state index contributed by atoms with van der Waals surface area (Å²) >= 11 is 0. The number of ketones is 1. The van der Waals surface area contributed by atoms with Gasteiger partial charge in [-0.15, -0.1) is 0 Å². The molecule has 1 N–H and O–H groups in total. The number of carbonyl (C=O) groups is 2. The van der Waals surface area contributed by atoms with Crippen LogP contribution in [0, 0.1) is 0 Å². The van der Waals surface area contributed by atoms with Crippen molar-refractivity contribution in [1.82, 2.24) is 0 Å². The Morgan fingerprint density at radius 2 is 1.67 bits per heavy atom. The van der Waals surface area contributed by atoms with Crippen molar-refractivity contribution < 1.29 is 19.4 Å². The molecule has 0 fully saturated rings. The third-order valence-electron chi connectivity index (χ3n) is 3.82. The second-order valence-electron chi connectivity index (χ2n) is 5.85. The van der Waals surface area contributed by atoms with Crippen LogP contribution < -0.4 is 0 Å². The van der Waals surface area contributed by atoms with E-state index in [0.29, 0.717) is 17.5 Å². The maximum Gasteiger partial charge on any atom is 0.313 e. The molecule has 2 atom stereocenters. The molecule has 0 spiro atoms. The molecule has 0 heterocycles. The summed E-state index contributed by atoms with van der Waals surface area (Å²) in [5.74, 6) is -0.908. The Hall–Kier alpha value is -2.46. The minimum absolute atomic E-state index is 0.0767. The van der Waals surface area contributed by atoms with Crippen LogP contribution in [-0.4, -0.2) is 29.6 Å². The molecule has 0 bridgehead atoms. The predicted octanol–water partition coefficient (Wildman–Crippen LogP) is 3.34. The first-order chi connectivity index (χ1) is 11.5. The highest BCUT2D eigenvalue weighted by molar-refractivity contribution is 6.09. The molecule has 0 radical (unpaired) electrons. The molecule has 126 valence electrons. The minimum Gasteiger partial charge on any atom is -0.465 e. The molecule has 2 aromatic carbocycles. The number of esters is 1. The molecule has 4 heteroatoms. The molecule has 4 nitrogen and oxygen atoms in total. The zero-order valence-electron chi connectivity index (χ0n) is 13.9. The largest absolute Gasteiger partial charge is 0.465 e. The third kappa shape index (κ3) is 4.77. The maximum absolute atomic E-state index is 12.5. The minimum atomic E-state index is -0.500. The first-order valence-corrected chi connectivity index (χ1v) is 8.03. The van der Waals surface area contributed by atoms with Crippen molar-refractivity contribution in [3.05, 3.63) is 71.3 Å². The lowest BCUT2D eigenvalue weighted by Crippen LogP contribution is -2.16. The summed E-state index contributed by atoms with van der Waals surface area (Å²) in [5.41, 5.74) is 1.89. The average molecular weight is 326 g/mol. The summed E-state index contributed by atoms with van der Waals surface area (Å²) < 4.78 is 5.17. The van der Waals surface area contributed by atoms with Crippen LogP contribution in [0.4, 0.5) is 0 Å². The molecule has 2 rings (SSSR count). The first kappa shape index (κ1) is 17.9. The van der Waals surface area contributed by atoms with Crippen LogP contribution in [0.2, 0.25) is 0 Å². The van der Waals surface area contributed by atoms with Gasteiger partial charge in [-0.05, 0) is 25.5 Å². The number of ether oxygens (including phenoxy) is 1. The zero-order chi connectivity index (χ0) is 17.5. The predicted molar refractivity (Wildman–Crippen MR) is 92.0 cm³/mol. The van der Waals surface area contributed by atoms with Crippen LogP contribution in [0.1, 0.15) is 47.7 Å². The van der Waals surface area contributed by atoms with Gasteiger partial charge in [0.25, 0.3) is 0 Å². The van der Waals surface area contributed by atoms with Gasteiger partial charge in [-0.2, -0.15) is 0 Å². The highest BCUT2D eigenvalue weighted by Gasteiger charge is 2.18. The molecule has 0 aliphatic carbocycles. The number of hydrogen-bond acceptors (Lipinski definition) is 4. The van der Waals surface area contributed by atoms with Crippen molar-refractivity contribution in [2.24, 2.45) is 0 Å². The second kappa shape index (κ2) is 8.41. The molecule has 0 aliphatic heterocycles. The number of carbonyl (C=O) groups excluding carboxylic acids is 2. The quantitative estimate of drug-likeness (QED) is 0.626. The van der Waals surface area contributed by atoms with Gasteiger partial charge in [-0.3, -0.25) is 9.59 Å². The SMILES string of the molecule is CC(O)CCOC(=O)C(C)c1cccc(C(=O)c2ccccc2)c1. The summed E-state index contributed by atoms with van der Waals surface area (Å²) in [6, 6.07) is 16.1. The molecular weight excluding hydrogens is 304 g/mol. The number of aliphatic hydroxyl groups is 1. The van der Waals surface area contributed by atoms with Gasteiger partial charge in [-0.25, -0.2) is 0 Å². The van der Waals surface area contributed by atoms with Gasteiger partial charge in [0.05, 0.1) is 18.6 Å². The molecule has 2 aromatic rings. The molecular formula is C20H22O4. The molecule has 0 saturated carbocycles. The van der Waals surface area contributed by atoms with E-state index < -0.39 is 12.0 Å². The van der Waals surface area contributed by atoms with E-state index in [4.69, 9.17) is 4.74 Å². The lowest BCUT2D eigenvalue weighted by atomic mass is 9.96. The average Bonchev–Trinajstić information content (AvgIpc) is 2.61. The van der Waals surface area contributed by atoms with E-state index in [0.717, 1.165) is 5.56 Å².